The van der Waals surface area contributed by atoms with Gasteiger partial charge in [-0.3, -0.25) is 0 Å². The van der Waals surface area contributed by atoms with Crippen LogP contribution in [0.2, 0.25) is 13.3 Å². The Bertz CT molecular complexity index is 680. The van der Waals surface area contributed by atoms with Gasteiger partial charge in [0.2, 0.25) is 0 Å². The summed E-state index contributed by atoms with van der Waals surface area (Å²) in [4.78, 5) is 2.09. The van der Waals surface area contributed by atoms with Gasteiger partial charge in [0.15, 0.2) is 0 Å². The molecular weight excluding hydrogens is 455 g/mol. The fourth-order valence-corrected chi connectivity index (χ4v) is 23.8. The molecule has 0 aliphatic heterocycles. The zero-order valence-electron chi connectivity index (χ0n) is 17.7. The SMILES string of the molecule is CCC[CH2][Sn]([CH2]CCC)([CH2]CCC)[c]1ccc[c-]1S(=O)c1ccc(C)cc1. The molecule has 2 aromatic rings. The fraction of sp³-hybridized carbons (Fsp3) is 0.542. The molecule has 0 spiro atoms. The molecule has 0 aliphatic rings. The van der Waals surface area contributed by atoms with Crippen LogP contribution in [0.3, 0.4) is 0 Å². The van der Waals surface area contributed by atoms with E-state index in [-0.39, 0.29) is 0 Å². The average Bonchev–Trinajstić information content (AvgIpc) is 3.18. The molecule has 1 nitrogen and oxygen atoms in total. The van der Waals surface area contributed by atoms with E-state index < -0.39 is 29.2 Å². The van der Waals surface area contributed by atoms with Crippen molar-refractivity contribution in [1.82, 2.24) is 0 Å². The van der Waals surface area contributed by atoms with Gasteiger partial charge in [-0.15, -0.1) is 0 Å². The zero-order valence-corrected chi connectivity index (χ0v) is 21.4. The minimum absolute atomic E-state index is 0.953. The third-order valence-electron chi connectivity index (χ3n) is 5.81. The van der Waals surface area contributed by atoms with E-state index in [1.54, 1.807) is 3.58 Å². The van der Waals surface area contributed by atoms with Gasteiger partial charge in [0.1, 0.15) is 0 Å². The maximum absolute atomic E-state index is 13.5. The van der Waals surface area contributed by atoms with Crippen molar-refractivity contribution in [1.29, 1.82) is 0 Å². The summed E-state index contributed by atoms with van der Waals surface area (Å²) >= 11 is -2.55. The summed E-state index contributed by atoms with van der Waals surface area (Å²) in [5.74, 6) is 0. The van der Waals surface area contributed by atoms with Crippen molar-refractivity contribution in [2.24, 2.45) is 0 Å². The first-order chi connectivity index (χ1) is 13.1. The molecule has 0 heterocycles. The molecule has 0 N–H and O–H groups in total. The van der Waals surface area contributed by atoms with E-state index in [1.165, 1.54) is 57.4 Å². The molecule has 150 valence electrons. The van der Waals surface area contributed by atoms with E-state index in [2.05, 4.69) is 58.0 Å². The van der Waals surface area contributed by atoms with E-state index in [0.29, 0.717) is 0 Å². The molecule has 0 fully saturated rings. The predicted molar refractivity (Wildman–Crippen MR) is 122 cm³/mol. The average molecular weight is 492 g/mol. The van der Waals surface area contributed by atoms with Gasteiger partial charge >= 0.3 is 174 Å². The Balaban J connectivity index is 2.44. The number of aryl methyl sites for hydroxylation is 1. The van der Waals surface area contributed by atoms with Crippen LogP contribution in [-0.2, 0) is 10.8 Å². The third-order valence-corrected chi connectivity index (χ3v) is 23.5. The second kappa shape index (κ2) is 11.5. The number of rotatable bonds is 12. The molecular formula is C24H37OSSn-. The van der Waals surface area contributed by atoms with Crippen LogP contribution >= 0.6 is 0 Å². The van der Waals surface area contributed by atoms with Crippen molar-refractivity contribution in [3.05, 3.63) is 48.0 Å². The van der Waals surface area contributed by atoms with E-state index in [9.17, 15) is 4.21 Å². The minimum atomic E-state index is -2.55. The zero-order chi connectivity index (χ0) is 19.7. The second-order valence-electron chi connectivity index (χ2n) is 7.98. The standard InChI is InChI=1S/C12H10OS.3C4H9.Sn/c1-10-6-8-12(9-7-10)14(13)11-4-2-3-5-11;3*1-3-4-2;/h2-4,6-9H,1H3;3*1,3-4H2,2H3;/q-1;;;;. The van der Waals surface area contributed by atoms with Crippen molar-refractivity contribution in [3.63, 3.8) is 0 Å². The van der Waals surface area contributed by atoms with Gasteiger partial charge in [-0.1, -0.05) is 0 Å². The first-order valence-corrected chi connectivity index (χ1v) is 19.5. The fourth-order valence-electron chi connectivity index (χ4n) is 4.12. The molecule has 0 saturated carbocycles. The summed E-state index contributed by atoms with van der Waals surface area (Å²) in [6.07, 6.45) is 7.83. The van der Waals surface area contributed by atoms with Gasteiger partial charge in [0.05, 0.1) is 0 Å². The van der Waals surface area contributed by atoms with Crippen LogP contribution < -0.4 is 3.58 Å². The Kier molecular flexibility index (Phi) is 9.72. The second-order valence-corrected chi connectivity index (χ2v) is 22.6. The first-order valence-electron chi connectivity index (χ1n) is 10.8. The van der Waals surface area contributed by atoms with Crippen LogP contribution in [0, 0.1) is 6.92 Å². The van der Waals surface area contributed by atoms with Crippen molar-refractivity contribution in [2.75, 3.05) is 0 Å². The number of hydrogen-bond acceptors (Lipinski definition) is 1. The molecule has 27 heavy (non-hydrogen) atoms. The Morgan fingerprint density at radius 3 is 1.85 bits per heavy atom. The summed E-state index contributed by atoms with van der Waals surface area (Å²) in [6.45, 7) is 9.02. The first kappa shape index (κ1) is 22.8. The van der Waals surface area contributed by atoms with Gasteiger partial charge in [-0.25, -0.2) is 0 Å². The summed E-state index contributed by atoms with van der Waals surface area (Å²) in [5.41, 5.74) is 1.22. The summed E-state index contributed by atoms with van der Waals surface area (Å²) in [5, 5.41) is 0. The molecule has 0 radical (unpaired) electrons. The molecule has 2 rings (SSSR count). The van der Waals surface area contributed by atoms with Crippen molar-refractivity contribution in [3.8, 4) is 0 Å². The molecule has 0 aliphatic carbocycles. The molecule has 0 amide bonds. The normalized spacial score (nSPS) is 13.0. The molecule has 1 atom stereocenters. The van der Waals surface area contributed by atoms with Gasteiger partial charge in [-0.2, -0.15) is 0 Å². The Morgan fingerprint density at radius 2 is 1.37 bits per heavy atom. The predicted octanol–water partition coefficient (Wildman–Crippen LogP) is 6.94. The summed E-state index contributed by atoms with van der Waals surface area (Å²) in [7, 11) is -1.05. The number of hydrogen-bond donors (Lipinski definition) is 0. The van der Waals surface area contributed by atoms with Crippen LogP contribution in [0.5, 0.6) is 0 Å². The van der Waals surface area contributed by atoms with Crippen molar-refractivity contribution >= 4 is 32.8 Å². The van der Waals surface area contributed by atoms with Crippen molar-refractivity contribution in [2.45, 2.75) is 89.3 Å². The molecule has 0 aromatic heterocycles. The molecule has 0 saturated heterocycles. The van der Waals surface area contributed by atoms with E-state index in [4.69, 9.17) is 0 Å². The van der Waals surface area contributed by atoms with Crippen molar-refractivity contribution < 1.29 is 4.21 Å². The number of unbranched alkanes of at least 4 members (excludes halogenated alkanes) is 3. The van der Waals surface area contributed by atoms with E-state index >= 15 is 0 Å². The van der Waals surface area contributed by atoms with Gasteiger partial charge in [0, 0.05) is 0 Å². The Morgan fingerprint density at radius 1 is 0.852 bits per heavy atom. The van der Waals surface area contributed by atoms with E-state index in [0.717, 1.165) is 9.79 Å². The summed E-state index contributed by atoms with van der Waals surface area (Å²) < 4.78 is 19.3. The topological polar surface area (TPSA) is 17.1 Å². The molecule has 0 bridgehead atoms. The number of benzene rings is 1. The van der Waals surface area contributed by atoms with Gasteiger partial charge in [-0.05, 0) is 0 Å². The molecule has 3 heteroatoms. The van der Waals surface area contributed by atoms with Crippen LogP contribution in [0.25, 0.3) is 0 Å². The van der Waals surface area contributed by atoms with Crippen LogP contribution in [0.1, 0.15) is 64.9 Å². The Labute approximate surface area is 173 Å². The summed E-state index contributed by atoms with van der Waals surface area (Å²) in [6, 6.07) is 14.9. The quantitative estimate of drug-likeness (QED) is 0.232. The molecule has 2 aromatic carbocycles. The monoisotopic (exact) mass is 493 g/mol. The van der Waals surface area contributed by atoms with Crippen LogP contribution in [0.4, 0.5) is 0 Å². The third kappa shape index (κ3) is 6.00. The van der Waals surface area contributed by atoms with Gasteiger partial charge < -0.3 is 0 Å². The van der Waals surface area contributed by atoms with E-state index in [1.807, 2.05) is 12.1 Å². The van der Waals surface area contributed by atoms with Crippen LogP contribution in [0.15, 0.2) is 52.3 Å². The van der Waals surface area contributed by atoms with Crippen LogP contribution in [-0.4, -0.2) is 22.6 Å². The molecule has 1 unspecified atom stereocenters. The maximum atomic E-state index is 13.5. The Hall–Kier alpha value is -0.481. The van der Waals surface area contributed by atoms with Gasteiger partial charge in [0.25, 0.3) is 0 Å².